The van der Waals surface area contributed by atoms with E-state index in [1.54, 1.807) is 11.3 Å². The summed E-state index contributed by atoms with van der Waals surface area (Å²) in [6.45, 7) is 8.50. The molecule has 0 saturated heterocycles. The second-order valence-electron chi connectivity index (χ2n) is 5.06. The number of rotatable bonds is 8. The van der Waals surface area contributed by atoms with Crippen LogP contribution in [-0.2, 0) is 11.2 Å². The molecule has 1 aliphatic rings. The van der Waals surface area contributed by atoms with Gasteiger partial charge in [0.15, 0.2) is 5.13 Å². The Labute approximate surface area is 124 Å². The molecule has 0 spiro atoms. The van der Waals surface area contributed by atoms with Gasteiger partial charge in [0.2, 0.25) is 0 Å². The Morgan fingerprint density at radius 1 is 1.50 bits per heavy atom. The molecular weight excluding hydrogens is 274 g/mol. The molecule has 1 aliphatic carbocycles. The van der Waals surface area contributed by atoms with Gasteiger partial charge in [-0.15, -0.1) is 11.3 Å². The van der Waals surface area contributed by atoms with Gasteiger partial charge < -0.3 is 15.3 Å². The highest BCUT2D eigenvalue weighted by molar-refractivity contribution is 7.15. The van der Waals surface area contributed by atoms with Crippen molar-refractivity contribution in [1.82, 2.24) is 9.88 Å². The Balaban J connectivity index is 1.81. The first kappa shape index (κ1) is 15.3. The summed E-state index contributed by atoms with van der Waals surface area (Å²) in [4.78, 5) is 19.1. The van der Waals surface area contributed by atoms with Crippen LogP contribution < -0.4 is 5.32 Å². The number of fused-ring (bicyclic) bond motifs is 1. The van der Waals surface area contributed by atoms with Gasteiger partial charge in [0.25, 0.3) is 0 Å². The smallest absolute Gasteiger partial charge is 0.312 e. The molecule has 2 N–H and O–H groups in total. The molecule has 0 fully saturated rings. The summed E-state index contributed by atoms with van der Waals surface area (Å²) < 4.78 is 0. The van der Waals surface area contributed by atoms with Crippen molar-refractivity contribution in [2.24, 2.45) is 0 Å². The van der Waals surface area contributed by atoms with Crippen LogP contribution in [0.3, 0.4) is 0 Å². The minimum atomic E-state index is -0.748. The van der Waals surface area contributed by atoms with Gasteiger partial charge >= 0.3 is 5.97 Å². The van der Waals surface area contributed by atoms with Crippen LogP contribution in [0.1, 0.15) is 43.2 Å². The van der Waals surface area contributed by atoms with Crippen molar-refractivity contribution in [2.45, 2.75) is 39.0 Å². The molecule has 0 aromatic carbocycles. The lowest BCUT2D eigenvalue weighted by atomic mass is 10.1. The lowest BCUT2D eigenvalue weighted by Gasteiger charge is -2.17. The second-order valence-corrected chi connectivity index (χ2v) is 6.15. The number of nitrogens with zero attached hydrogens (tertiary/aromatic N) is 2. The van der Waals surface area contributed by atoms with Crippen LogP contribution in [0.25, 0.3) is 0 Å². The summed E-state index contributed by atoms with van der Waals surface area (Å²) in [7, 11) is 0. The standard InChI is InChI=1S/C14H23N3O2S/c1-3-17(4-2)9-5-8-15-14-16-12-10(13(18)19)6-7-11(12)20-14/h10H,3-9H2,1-2H3,(H,15,16)(H,18,19). The number of hydrogen-bond acceptors (Lipinski definition) is 5. The third-order valence-corrected chi connectivity index (χ3v) is 4.93. The highest BCUT2D eigenvalue weighted by atomic mass is 32.1. The Kier molecular flexibility index (Phi) is 5.37. The monoisotopic (exact) mass is 297 g/mol. The number of aromatic nitrogens is 1. The number of carboxylic acids is 1. The molecule has 2 rings (SSSR count). The van der Waals surface area contributed by atoms with E-state index in [-0.39, 0.29) is 0 Å². The molecule has 1 aromatic heterocycles. The van der Waals surface area contributed by atoms with Crippen LogP contribution >= 0.6 is 11.3 Å². The van der Waals surface area contributed by atoms with E-state index in [4.69, 9.17) is 5.11 Å². The number of aryl methyl sites for hydroxylation is 1. The average Bonchev–Trinajstić information content (AvgIpc) is 2.98. The third kappa shape index (κ3) is 3.49. The van der Waals surface area contributed by atoms with Gasteiger partial charge in [0.05, 0.1) is 5.69 Å². The molecule has 112 valence electrons. The van der Waals surface area contributed by atoms with E-state index < -0.39 is 11.9 Å². The van der Waals surface area contributed by atoms with E-state index in [9.17, 15) is 4.79 Å². The van der Waals surface area contributed by atoms with Gasteiger partial charge in [-0.1, -0.05) is 13.8 Å². The normalized spacial score (nSPS) is 17.4. The van der Waals surface area contributed by atoms with Crippen molar-refractivity contribution in [2.75, 3.05) is 31.5 Å². The summed E-state index contributed by atoms with van der Waals surface area (Å²) in [6, 6.07) is 0. The summed E-state index contributed by atoms with van der Waals surface area (Å²) >= 11 is 1.61. The van der Waals surface area contributed by atoms with E-state index in [0.29, 0.717) is 6.42 Å². The predicted octanol–water partition coefficient (Wildman–Crippen LogP) is 2.40. The molecule has 20 heavy (non-hydrogen) atoms. The molecule has 1 atom stereocenters. The first-order valence-corrected chi connectivity index (χ1v) is 8.16. The second kappa shape index (κ2) is 7.04. The Bertz CT molecular complexity index is 457. The maximum absolute atomic E-state index is 11.1. The topological polar surface area (TPSA) is 65.5 Å². The van der Waals surface area contributed by atoms with E-state index in [0.717, 1.165) is 54.7 Å². The predicted molar refractivity (Wildman–Crippen MR) is 81.7 cm³/mol. The lowest BCUT2D eigenvalue weighted by Crippen LogP contribution is -2.25. The zero-order valence-corrected chi connectivity index (χ0v) is 13.0. The van der Waals surface area contributed by atoms with Crippen molar-refractivity contribution < 1.29 is 9.90 Å². The first-order chi connectivity index (χ1) is 9.65. The van der Waals surface area contributed by atoms with Crippen LogP contribution in [0.4, 0.5) is 5.13 Å². The number of aliphatic carboxylic acids is 1. The molecule has 5 nitrogen and oxygen atoms in total. The summed E-state index contributed by atoms with van der Waals surface area (Å²) in [6.07, 6.45) is 2.63. The molecule has 1 unspecified atom stereocenters. The zero-order valence-electron chi connectivity index (χ0n) is 12.2. The van der Waals surface area contributed by atoms with Crippen LogP contribution in [-0.4, -0.2) is 47.1 Å². The number of thiazole rings is 1. The van der Waals surface area contributed by atoms with Gasteiger partial charge in [-0.05, 0) is 38.9 Å². The number of carboxylic acid groups (broad SMARTS) is 1. The van der Waals surface area contributed by atoms with E-state index >= 15 is 0 Å². The Hall–Kier alpha value is -1.14. The quantitative estimate of drug-likeness (QED) is 0.721. The molecule has 0 amide bonds. The Morgan fingerprint density at radius 2 is 2.25 bits per heavy atom. The van der Waals surface area contributed by atoms with Crippen molar-refractivity contribution >= 4 is 22.4 Å². The number of hydrogen-bond donors (Lipinski definition) is 2. The van der Waals surface area contributed by atoms with E-state index in [1.807, 2.05) is 0 Å². The minimum Gasteiger partial charge on any atom is -0.481 e. The maximum Gasteiger partial charge on any atom is 0.312 e. The van der Waals surface area contributed by atoms with Crippen LogP contribution in [0, 0.1) is 0 Å². The highest BCUT2D eigenvalue weighted by Crippen LogP contribution is 2.38. The molecule has 0 radical (unpaired) electrons. The van der Waals surface area contributed by atoms with Crippen LogP contribution in [0.5, 0.6) is 0 Å². The molecule has 6 heteroatoms. The number of nitrogens with one attached hydrogen (secondary N) is 1. The summed E-state index contributed by atoms with van der Waals surface area (Å²) in [5, 5.41) is 13.3. The van der Waals surface area contributed by atoms with Gasteiger partial charge in [0.1, 0.15) is 5.92 Å². The molecule has 1 aromatic rings. The maximum atomic E-state index is 11.1. The molecule has 1 heterocycles. The van der Waals surface area contributed by atoms with Crippen molar-refractivity contribution in [3.8, 4) is 0 Å². The van der Waals surface area contributed by atoms with Gasteiger partial charge in [-0.2, -0.15) is 0 Å². The largest absolute Gasteiger partial charge is 0.481 e. The Morgan fingerprint density at radius 3 is 2.90 bits per heavy atom. The number of anilines is 1. The summed E-state index contributed by atoms with van der Waals surface area (Å²) in [5.41, 5.74) is 0.786. The molecule has 0 bridgehead atoms. The van der Waals surface area contributed by atoms with Crippen LogP contribution in [0.2, 0.25) is 0 Å². The minimum absolute atomic E-state index is 0.396. The molecular formula is C14H23N3O2S. The third-order valence-electron chi connectivity index (χ3n) is 3.84. The molecule has 0 saturated carbocycles. The SMILES string of the molecule is CCN(CC)CCCNc1nc2c(s1)CCC2C(=O)O. The summed E-state index contributed by atoms with van der Waals surface area (Å²) in [5.74, 6) is -1.14. The van der Waals surface area contributed by atoms with Crippen molar-refractivity contribution in [3.63, 3.8) is 0 Å². The fourth-order valence-corrected chi connectivity index (χ4v) is 3.64. The molecule has 0 aliphatic heterocycles. The highest BCUT2D eigenvalue weighted by Gasteiger charge is 2.32. The van der Waals surface area contributed by atoms with Gasteiger partial charge in [-0.25, -0.2) is 4.98 Å². The van der Waals surface area contributed by atoms with E-state index in [2.05, 4.69) is 29.0 Å². The van der Waals surface area contributed by atoms with Crippen molar-refractivity contribution in [3.05, 3.63) is 10.6 Å². The lowest BCUT2D eigenvalue weighted by molar-refractivity contribution is -0.138. The van der Waals surface area contributed by atoms with Crippen LogP contribution in [0.15, 0.2) is 0 Å². The average molecular weight is 297 g/mol. The van der Waals surface area contributed by atoms with Crippen molar-refractivity contribution in [1.29, 1.82) is 0 Å². The first-order valence-electron chi connectivity index (χ1n) is 7.34. The number of carbonyl (C=O) groups is 1. The van der Waals surface area contributed by atoms with E-state index in [1.165, 1.54) is 0 Å². The van der Waals surface area contributed by atoms with Gasteiger partial charge in [0, 0.05) is 11.4 Å². The fraction of sp³-hybridized carbons (Fsp3) is 0.714. The zero-order chi connectivity index (χ0) is 14.5. The van der Waals surface area contributed by atoms with Gasteiger partial charge in [-0.3, -0.25) is 4.79 Å². The fourth-order valence-electron chi connectivity index (χ4n) is 2.58.